The summed E-state index contributed by atoms with van der Waals surface area (Å²) in [6, 6.07) is 0. The van der Waals surface area contributed by atoms with Gasteiger partial charge in [0, 0.05) is 29.9 Å². The van der Waals surface area contributed by atoms with Crippen LogP contribution in [-0.4, -0.2) is 45.8 Å². The summed E-state index contributed by atoms with van der Waals surface area (Å²) in [6.07, 6.45) is 4.29. The number of amides is 1. The molecule has 0 saturated carbocycles. The Labute approximate surface area is 153 Å². The predicted octanol–water partition coefficient (Wildman–Crippen LogP) is 3.08. The zero-order chi connectivity index (χ0) is 18.6. The quantitative estimate of drug-likeness (QED) is 0.824. The Bertz CT molecular complexity index is 583. The van der Waals surface area contributed by atoms with E-state index < -0.39 is 0 Å². The van der Waals surface area contributed by atoms with Crippen LogP contribution >= 0.6 is 0 Å². The summed E-state index contributed by atoms with van der Waals surface area (Å²) in [6.45, 7) is 16.8. The topological polar surface area (TPSA) is 50.2 Å². The van der Waals surface area contributed by atoms with Gasteiger partial charge < -0.3 is 5.32 Å². The average molecular weight is 349 g/mol. The largest absolute Gasteiger partial charge is 0.354 e. The fourth-order valence-corrected chi connectivity index (χ4v) is 3.66. The van der Waals surface area contributed by atoms with E-state index in [4.69, 9.17) is 0 Å². The van der Waals surface area contributed by atoms with Crippen molar-refractivity contribution in [3.05, 3.63) is 17.0 Å². The van der Waals surface area contributed by atoms with Crippen molar-refractivity contribution in [2.75, 3.05) is 19.6 Å². The summed E-state index contributed by atoms with van der Waals surface area (Å²) in [5, 5.41) is 7.77. The van der Waals surface area contributed by atoms with E-state index in [1.807, 2.05) is 11.6 Å². The highest BCUT2D eigenvalue weighted by atomic mass is 16.1. The summed E-state index contributed by atoms with van der Waals surface area (Å²) in [7, 11) is 0. The second-order valence-corrected chi connectivity index (χ2v) is 8.54. The average Bonchev–Trinajstić information content (AvgIpc) is 2.81. The Kier molecular flexibility index (Phi) is 6.66. The molecule has 0 spiro atoms. The van der Waals surface area contributed by atoms with E-state index in [9.17, 15) is 4.79 Å². The maximum absolute atomic E-state index is 12.5. The number of aryl methyl sites for hydroxylation is 1. The zero-order valence-corrected chi connectivity index (χ0v) is 17.0. The van der Waals surface area contributed by atoms with Crippen LogP contribution in [0.15, 0.2) is 0 Å². The maximum Gasteiger partial charge on any atom is 0.224 e. The highest BCUT2D eigenvalue weighted by molar-refractivity contribution is 5.79. The standard InChI is InChI=1S/C20H36N4O/c1-15(2)13-24-17(4)18(16(3)22-24)12-19(25)21-14-20(5,6)23-10-8-7-9-11-23/h15H,7-14H2,1-6H3,(H,21,25). The molecule has 0 radical (unpaired) electrons. The van der Waals surface area contributed by atoms with Crippen molar-refractivity contribution in [1.29, 1.82) is 0 Å². The van der Waals surface area contributed by atoms with Crippen molar-refractivity contribution >= 4 is 5.91 Å². The SMILES string of the molecule is Cc1nn(CC(C)C)c(C)c1CC(=O)NCC(C)(C)N1CCCCC1. The lowest BCUT2D eigenvalue weighted by Gasteiger charge is -2.41. The molecular formula is C20H36N4O. The van der Waals surface area contributed by atoms with Gasteiger partial charge in [0.2, 0.25) is 5.91 Å². The summed E-state index contributed by atoms with van der Waals surface area (Å²) >= 11 is 0. The van der Waals surface area contributed by atoms with Crippen LogP contribution in [0.2, 0.25) is 0 Å². The third-order valence-electron chi connectivity index (χ3n) is 5.34. The second kappa shape index (κ2) is 8.35. The fourth-order valence-electron chi connectivity index (χ4n) is 3.66. The van der Waals surface area contributed by atoms with E-state index in [1.54, 1.807) is 0 Å². The van der Waals surface area contributed by atoms with E-state index in [2.05, 4.69) is 49.9 Å². The molecule has 1 saturated heterocycles. The third-order valence-corrected chi connectivity index (χ3v) is 5.34. The first-order chi connectivity index (χ1) is 11.7. The van der Waals surface area contributed by atoms with Crippen molar-refractivity contribution in [3.8, 4) is 0 Å². The first kappa shape index (κ1) is 20.0. The minimum atomic E-state index is 0.0159. The summed E-state index contributed by atoms with van der Waals surface area (Å²) < 4.78 is 2.04. The van der Waals surface area contributed by atoms with E-state index in [0.717, 1.165) is 36.6 Å². The number of piperidine rings is 1. The monoisotopic (exact) mass is 348 g/mol. The third kappa shape index (κ3) is 5.30. The van der Waals surface area contributed by atoms with E-state index in [1.165, 1.54) is 19.3 Å². The smallest absolute Gasteiger partial charge is 0.224 e. The Morgan fingerprint density at radius 1 is 1.20 bits per heavy atom. The van der Waals surface area contributed by atoms with Crippen LogP contribution in [-0.2, 0) is 17.8 Å². The normalized spacial score (nSPS) is 16.4. The van der Waals surface area contributed by atoms with Gasteiger partial charge in [-0.1, -0.05) is 20.3 Å². The number of hydrogen-bond acceptors (Lipinski definition) is 3. The summed E-state index contributed by atoms with van der Waals surface area (Å²) in [5.74, 6) is 0.644. The second-order valence-electron chi connectivity index (χ2n) is 8.54. The molecule has 2 heterocycles. The van der Waals surface area contributed by atoms with Crippen molar-refractivity contribution in [2.24, 2.45) is 5.92 Å². The molecule has 0 aliphatic carbocycles. The summed E-state index contributed by atoms with van der Waals surface area (Å²) in [5.41, 5.74) is 3.19. The highest BCUT2D eigenvalue weighted by Gasteiger charge is 2.28. The number of nitrogens with zero attached hydrogens (tertiary/aromatic N) is 3. The van der Waals surface area contributed by atoms with E-state index in [-0.39, 0.29) is 11.4 Å². The zero-order valence-electron chi connectivity index (χ0n) is 17.0. The molecule has 2 rings (SSSR count). The van der Waals surface area contributed by atoms with Crippen LogP contribution in [0.3, 0.4) is 0 Å². The van der Waals surface area contributed by atoms with Gasteiger partial charge in [0.05, 0.1) is 12.1 Å². The van der Waals surface area contributed by atoms with Crippen molar-refractivity contribution in [1.82, 2.24) is 20.0 Å². The van der Waals surface area contributed by atoms with Crippen LogP contribution in [0.5, 0.6) is 0 Å². The number of nitrogens with one attached hydrogen (secondary N) is 1. The van der Waals surface area contributed by atoms with Gasteiger partial charge in [0.25, 0.3) is 0 Å². The first-order valence-corrected chi connectivity index (χ1v) is 9.75. The van der Waals surface area contributed by atoms with Crippen LogP contribution in [0.1, 0.15) is 63.9 Å². The molecular weight excluding hydrogens is 312 g/mol. The lowest BCUT2D eigenvalue weighted by atomic mass is 9.98. The molecule has 5 nitrogen and oxygen atoms in total. The maximum atomic E-state index is 12.5. The molecule has 142 valence electrons. The van der Waals surface area contributed by atoms with Gasteiger partial charge in [0.1, 0.15) is 0 Å². The molecule has 25 heavy (non-hydrogen) atoms. The predicted molar refractivity (Wildman–Crippen MR) is 103 cm³/mol. The number of likely N-dealkylation sites (tertiary alicyclic amines) is 1. The molecule has 5 heteroatoms. The van der Waals surface area contributed by atoms with Gasteiger partial charge in [0.15, 0.2) is 0 Å². The lowest BCUT2D eigenvalue weighted by Crippen LogP contribution is -2.53. The minimum absolute atomic E-state index is 0.0159. The molecule has 1 aromatic rings. The molecule has 1 amide bonds. The number of carbonyl (C=O) groups excluding carboxylic acids is 1. The van der Waals surface area contributed by atoms with Crippen LogP contribution in [0.4, 0.5) is 0 Å². The van der Waals surface area contributed by atoms with Gasteiger partial charge >= 0.3 is 0 Å². The fraction of sp³-hybridized carbons (Fsp3) is 0.800. The number of hydrogen-bond donors (Lipinski definition) is 1. The molecule has 1 fully saturated rings. The molecule has 0 bridgehead atoms. The van der Waals surface area contributed by atoms with Crippen LogP contribution < -0.4 is 5.32 Å². The Hall–Kier alpha value is -1.36. The Morgan fingerprint density at radius 2 is 1.84 bits per heavy atom. The van der Waals surface area contributed by atoms with Crippen LogP contribution in [0.25, 0.3) is 0 Å². The molecule has 0 unspecified atom stereocenters. The molecule has 1 aliphatic rings. The van der Waals surface area contributed by atoms with Crippen molar-refractivity contribution < 1.29 is 4.79 Å². The molecule has 1 aliphatic heterocycles. The first-order valence-electron chi connectivity index (χ1n) is 9.75. The van der Waals surface area contributed by atoms with Crippen molar-refractivity contribution in [2.45, 2.75) is 79.3 Å². The number of carbonyl (C=O) groups is 1. The molecule has 0 atom stereocenters. The number of rotatable bonds is 7. The van der Waals surface area contributed by atoms with Gasteiger partial charge in [-0.2, -0.15) is 5.10 Å². The van der Waals surface area contributed by atoms with Crippen molar-refractivity contribution in [3.63, 3.8) is 0 Å². The molecule has 1 N–H and O–H groups in total. The highest BCUT2D eigenvalue weighted by Crippen LogP contribution is 2.20. The Balaban J connectivity index is 1.93. The van der Waals surface area contributed by atoms with Gasteiger partial charge in [-0.25, -0.2) is 0 Å². The van der Waals surface area contributed by atoms with Gasteiger partial charge in [-0.15, -0.1) is 0 Å². The lowest BCUT2D eigenvalue weighted by molar-refractivity contribution is -0.121. The van der Waals surface area contributed by atoms with E-state index >= 15 is 0 Å². The summed E-state index contributed by atoms with van der Waals surface area (Å²) in [4.78, 5) is 15.0. The minimum Gasteiger partial charge on any atom is -0.354 e. The number of aromatic nitrogens is 2. The van der Waals surface area contributed by atoms with E-state index in [0.29, 0.717) is 18.9 Å². The molecule has 1 aromatic heterocycles. The van der Waals surface area contributed by atoms with Gasteiger partial charge in [-0.3, -0.25) is 14.4 Å². The molecule has 0 aromatic carbocycles. The Morgan fingerprint density at radius 3 is 2.44 bits per heavy atom. The van der Waals surface area contributed by atoms with Gasteiger partial charge in [-0.05, 0) is 59.5 Å². The van der Waals surface area contributed by atoms with Crippen LogP contribution in [0, 0.1) is 19.8 Å².